The number of carboxylic acids is 1. The van der Waals surface area contributed by atoms with E-state index in [9.17, 15) is 32.5 Å². The first-order valence-electron chi connectivity index (χ1n) is 13.6. The summed E-state index contributed by atoms with van der Waals surface area (Å²) in [7, 11) is -4.96. The molecule has 1 amide bonds. The minimum atomic E-state index is -4.96. The van der Waals surface area contributed by atoms with Gasteiger partial charge >= 0.3 is 16.3 Å². The number of thiazole rings is 1. The summed E-state index contributed by atoms with van der Waals surface area (Å²) in [6, 6.07) is -1.20. The summed E-state index contributed by atoms with van der Waals surface area (Å²) in [5, 5.41) is 34.7. The Labute approximate surface area is 249 Å². The van der Waals surface area contributed by atoms with E-state index in [1.807, 2.05) is 0 Å². The minimum Gasteiger partial charge on any atom is -0.478 e. The van der Waals surface area contributed by atoms with Gasteiger partial charge in [0.25, 0.3) is 0 Å². The molecule has 3 aliphatic rings. The number of ketones is 1. The normalized spacial score (nSPS) is 23.2. The number of oxime groups is 1. The molecule has 1 saturated carbocycles. The maximum atomic E-state index is 13.4. The molecule has 43 heavy (non-hydrogen) atoms. The number of anilines is 1. The third-order valence-corrected chi connectivity index (χ3v) is 9.32. The van der Waals surface area contributed by atoms with E-state index in [1.165, 1.54) is 16.4 Å². The Hall–Kier alpha value is -3.81. The number of carbonyl (C=O) groups is 3. The van der Waals surface area contributed by atoms with Gasteiger partial charge in [-0.2, -0.15) is 23.4 Å². The van der Waals surface area contributed by atoms with Gasteiger partial charge < -0.3 is 26.4 Å². The Morgan fingerprint density at radius 1 is 1.33 bits per heavy atom. The Kier molecular flexibility index (Phi) is 8.59. The van der Waals surface area contributed by atoms with Gasteiger partial charge in [-0.05, 0) is 44.7 Å². The largest absolute Gasteiger partial charge is 0.478 e. The molecule has 19 heteroatoms. The van der Waals surface area contributed by atoms with Crippen LogP contribution < -0.4 is 11.1 Å². The fourth-order valence-corrected chi connectivity index (χ4v) is 6.59. The zero-order valence-electron chi connectivity index (χ0n) is 22.9. The van der Waals surface area contributed by atoms with Crippen LogP contribution >= 0.6 is 11.3 Å². The number of nitrogens with zero attached hydrogens (tertiary/aromatic N) is 6. The van der Waals surface area contributed by atoms with Gasteiger partial charge in [-0.3, -0.25) is 14.1 Å². The number of aliphatic carboxylic acids is 1. The molecule has 0 radical (unpaired) electrons. The number of aromatic nitrogens is 4. The van der Waals surface area contributed by atoms with Crippen molar-refractivity contribution in [2.24, 2.45) is 17.0 Å². The highest BCUT2D eigenvalue weighted by atomic mass is 32.2. The predicted octanol–water partition coefficient (Wildman–Crippen LogP) is -0.104. The van der Waals surface area contributed by atoms with Gasteiger partial charge in [-0.25, -0.2) is 14.1 Å². The SMILES string of the molecule is N=C(CCc1cnn(C[C@@H]2[C@H](CC(=O)/C(=N\OC3(C(=O)O)CC3)c3csc(N)n3)C(=O)N2S(=O)(=O)O)n1)C[C@H]1CCNC1. The number of nitrogens with one attached hydrogen (secondary N) is 2. The Morgan fingerprint density at radius 3 is 2.70 bits per heavy atom. The quantitative estimate of drug-likeness (QED) is 0.0740. The van der Waals surface area contributed by atoms with Crippen LogP contribution in [0.3, 0.4) is 0 Å². The lowest BCUT2D eigenvalue weighted by Gasteiger charge is -2.43. The lowest BCUT2D eigenvalue weighted by atomic mass is 9.84. The van der Waals surface area contributed by atoms with E-state index in [0.29, 0.717) is 36.6 Å². The van der Waals surface area contributed by atoms with Gasteiger partial charge in [0.2, 0.25) is 11.5 Å². The van der Waals surface area contributed by atoms with E-state index >= 15 is 0 Å². The summed E-state index contributed by atoms with van der Waals surface area (Å²) in [4.78, 5) is 48.1. The zero-order chi connectivity index (χ0) is 30.9. The number of β-lactam (4-membered cyclic amide) rings is 1. The molecule has 2 aliphatic heterocycles. The second kappa shape index (κ2) is 12.1. The Balaban J connectivity index is 1.27. The van der Waals surface area contributed by atoms with Crippen LogP contribution in [-0.4, -0.2) is 96.2 Å². The summed E-state index contributed by atoms with van der Waals surface area (Å²) in [6.45, 7) is 1.60. The predicted molar refractivity (Wildman–Crippen MR) is 151 cm³/mol. The van der Waals surface area contributed by atoms with Gasteiger partial charge in [-0.1, -0.05) is 5.16 Å². The van der Waals surface area contributed by atoms with Gasteiger partial charge in [0.05, 0.1) is 30.4 Å². The van der Waals surface area contributed by atoms with Crippen molar-refractivity contribution in [1.82, 2.24) is 29.6 Å². The maximum absolute atomic E-state index is 13.4. The third-order valence-electron chi connectivity index (χ3n) is 7.70. The van der Waals surface area contributed by atoms with E-state index in [4.69, 9.17) is 16.0 Å². The molecule has 3 fully saturated rings. The smallest absolute Gasteiger partial charge is 0.362 e. The van der Waals surface area contributed by atoms with Crippen molar-refractivity contribution < 1.29 is 37.3 Å². The molecule has 0 bridgehead atoms. The van der Waals surface area contributed by atoms with Crippen LogP contribution in [0.25, 0.3) is 0 Å². The van der Waals surface area contributed by atoms with Gasteiger partial charge in [0.15, 0.2) is 16.6 Å². The number of nitrogen functional groups attached to an aromatic ring is 1. The number of hydrogen-bond acceptors (Lipinski definition) is 14. The fourth-order valence-electron chi connectivity index (χ4n) is 5.13. The lowest BCUT2D eigenvalue weighted by Crippen LogP contribution is -2.64. The number of Topliss-reactive ketones (excluding diaryl/α,β-unsaturated/α-hetero) is 1. The maximum Gasteiger partial charge on any atom is 0.362 e. The number of nitrogens with two attached hydrogens (primary N) is 1. The molecule has 2 aromatic rings. The van der Waals surface area contributed by atoms with Crippen molar-refractivity contribution in [1.29, 1.82) is 5.41 Å². The number of amides is 1. The molecule has 232 valence electrons. The number of aryl methyl sites for hydroxylation is 1. The molecule has 0 unspecified atom stereocenters. The number of carboxylic acid groups (broad SMARTS) is 1. The fraction of sp³-hybridized carbons (Fsp3) is 0.583. The first-order chi connectivity index (χ1) is 20.4. The average molecular weight is 638 g/mol. The van der Waals surface area contributed by atoms with Crippen molar-refractivity contribution >= 4 is 55.9 Å². The van der Waals surface area contributed by atoms with E-state index in [0.717, 1.165) is 30.8 Å². The van der Waals surface area contributed by atoms with Gasteiger partial charge in [-0.15, -0.1) is 11.3 Å². The van der Waals surface area contributed by atoms with Crippen LogP contribution in [0.4, 0.5) is 5.13 Å². The van der Waals surface area contributed by atoms with Crippen molar-refractivity contribution in [2.45, 2.75) is 63.1 Å². The van der Waals surface area contributed by atoms with Gasteiger partial charge in [0.1, 0.15) is 5.69 Å². The summed E-state index contributed by atoms with van der Waals surface area (Å²) >= 11 is 1.00. The van der Waals surface area contributed by atoms with Crippen molar-refractivity contribution in [3.63, 3.8) is 0 Å². The van der Waals surface area contributed by atoms with Crippen LogP contribution in [0.5, 0.6) is 0 Å². The zero-order valence-corrected chi connectivity index (χ0v) is 24.5. The number of rotatable bonds is 15. The van der Waals surface area contributed by atoms with E-state index < -0.39 is 51.9 Å². The van der Waals surface area contributed by atoms with Crippen LogP contribution in [0.1, 0.15) is 49.9 Å². The molecule has 1 aliphatic carbocycles. The minimum absolute atomic E-state index is 0.0109. The van der Waals surface area contributed by atoms with Crippen LogP contribution in [-0.2, 0) is 42.5 Å². The number of carbonyl (C=O) groups excluding carboxylic acids is 2. The summed E-state index contributed by atoms with van der Waals surface area (Å²) in [5.41, 5.74) is 4.94. The summed E-state index contributed by atoms with van der Waals surface area (Å²) in [5.74, 6) is -3.77. The molecule has 0 aromatic carbocycles. The molecule has 2 saturated heterocycles. The van der Waals surface area contributed by atoms with Crippen molar-refractivity contribution in [2.75, 3.05) is 18.8 Å². The first-order valence-corrected chi connectivity index (χ1v) is 15.8. The Morgan fingerprint density at radius 2 is 2.09 bits per heavy atom. The second-order valence-corrected chi connectivity index (χ2v) is 13.1. The monoisotopic (exact) mass is 637 g/mol. The summed E-state index contributed by atoms with van der Waals surface area (Å²) < 4.78 is 34.0. The number of hydrogen-bond donors (Lipinski definition) is 5. The topological polar surface area (TPSA) is 256 Å². The first kappa shape index (κ1) is 30.6. The van der Waals surface area contributed by atoms with E-state index in [1.54, 1.807) is 0 Å². The lowest BCUT2D eigenvalue weighted by molar-refractivity contribution is -0.153. The molecular formula is C24H31N9O8S2. The van der Waals surface area contributed by atoms with Gasteiger partial charge in [0, 0.05) is 30.4 Å². The second-order valence-electron chi connectivity index (χ2n) is 10.9. The third kappa shape index (κ3) is 6.89. The molecule has 3 atom stereocenters. The molecule has 17 nitrogen and oxygen atoms in total. The molecule has 0 spiro atoms. The highest BCUT2D eigenvalue weighted by molar-refractivity contribution is 7.84. The highest BCUT2D eigenvalue weighted by Gasteiger charge is 2.56. The highest BCUT2D eigenvalue weighted by Crippen LogP contribution is 2.40. The van der Waals surface area contributed by atoms with Crippen molar-refractivity contribution in [3.05, 3.63) is 23.0 Å². The summed E-state index contributed by atoms with van der Waals surface area (Å²) in [6.07, 6.45) is 3.98. The molecule has 5 rings (SSSR count). The standard InChI is InChI=1S/C24H31N9O8S2/c25-14(7-13-3-6-27-9-13)1-2-15-10-28-32(30-15)11-18-16(21(35)33(18)43(38,39)40)8-19(34)20(17-12-42-23(26)29-17)31-41-24(4-5-24)22(36)37/h10,12-13,16,18,25,27H,1-9,11H2,(H2,26,29)(H,36,37)(H,38,39,40)/b25-14?,31-20-/t13-,16+,18-/m1/s1. The van der Waals surface area contributed by atoms with Crippen LogP contribution in [0, 0.1) is 17.2 Å². The molecule has 6 N–H and O–H groups in total. The van der Waals surface area contributed by atoms with E-state index in [-0.39, 0.29) is 40.2 Å². The van der Waals surface area contributed by atoms with Crippen LogP contribution in [0.2, 0.25) is 0 Å². The average Bonchev–Trinajstić information content (AvgIpc) is 3.25. The Bertz CT molecular complexity index is 1560. The molecule has 2 aromatic heterocycles. The van der Waals surface area contributed by atoms with Crippen LogP contribution in [0.15, 0.2) is 16.7 Å². The van der Waals surface area contributed by atoms with E-state index in [2.05, 4.69) is 25.7 Å². The molecule has 4 heterocycles. The molecular weight excluding hydrogens is 606 g/mol. The van der Waals surface area contributed by atoms with Crippen molar-refractivity contribution in [3.8, 4) is 0 Å².